The van der Waals surface area contributed by atoms with E-state index in [2.05, 4.69) is 5.92 Å². The van der Waals surface area contributed by atoms with Crippen LogP contribution >= 0.6 is 11.3 Å². The Bertz CT molecular complexity index is 520. The number of carbonyl (C=O) groups excluding carboxylic acids is 1. The van der Waals surface area contributed by atoms with Crippen LogP contribution in [0.4, 0.5) is 0 Å². The van der Waals surface area contributed by atoms with Gasteiger partial charge < -0.3 is 0 Å². The summed E-state index contributed by atoms with van der Waals surface area (Å²) in [5.74, 6) is 2.68. The maximum Gasteiger partial charge on any atom is 0.174 e. The van der Waals surface area contributed by atoms with Crippen molar-refractivity contribution in [1.29, 1.82) is 0 Å². The second-order valence-electron chi connectivity index (χ2n) is 3.73. The van der Waals surface area contributed by atoms with E-state index in [0.29, 0.717) is 6.42 Å². The summed E-state index contributed by atoms with van der Waals surface area (Å²) in [5, 5.41) is 1.90. The van der Waals surface area contributed by atoms with E-state index >= 15 is 0 Å². The standard InChI is InChI=1S/C15H12OS/c1-2-12(13-7-4-3-5-8-13)11-14(16)15-9-6-10-17-15/h1,3-10,12H,11H2/t12-/m0/s1. The van der Waals surface area contributed by atoms with Crippen LogP contribution in [0.1, 0.15) is 27.6 Å². The van der Waals surface area contributed by atoms with E-state index in [0.717, 1.165) is 10.4 Å². The molecule has 1 nitrogen and oxygen atoms in total. The van der Waals surface area contributed by atoms with Gasteiger partial charge in [0.2, 0.25) is 0 Å². The fourth-order valence-corrected chi connectivity index (χ4v) is 2.36. The first kappa shape index (κ1) is 11.6. The number of Topliss-reactive ketones (excluding diaryl/α,β-unsaturated/α-hetero) is 1. The largest absolute Gasteiger partial charge is 0.293 e. The minimum absolute atomic E-state index is 0.117. The Morgan fingerprint density at radius 3 is 2.59 bits per heavy atom. The van der Waals surface area contributed by atoms with Crippen LogP contribution in [-0.2, 0) is 0 Å². The van der Waals surface area contributed by atoms with Crippen LogP contribution in [0, 0.1) is 12.3 Å². The van der Waals surface area contributed by atoms with Gasteiger partial charge in [0.25, 0.3) is 0 Å². The van der Waals surface area contributed by atoms with Gasteiger partial charge in [0.05, 0.1) is 10.8 Å². The molecule has 0 unspecified atom stereocenters. The number of hydrogen-bond acceptors (Lipinski definition) is 2. The summed E-state index contributed by atoms with van der Waals surface area (Å²) in [6.45, 7) is 0. The number of hydrogen-bond donors (Lipinski definition) is 0. The molecule has 17 heavy (non-hydrogen) atoms. The Morgan fingerprint density at radius 2 is 2.00 bits per heavy atom. The predicted octanol–water partition coefficient (Wildman–Crippen LogP) is 3.74. The molecule has 1 aromatic carbocycles. The number of thiophene rings is 1. The molecule has 84 valence electrons. The SMILES string of the molecule is C#C[C@@H](CC(=O)c1cccs1)c1ccccc1. The summed E-state index contributed by atoms with van der Waals surface area (Å²) in [7, 11) is 0. The van der Waals surface area contributed by atoms with Crippen LogP contribution in [0.2, 0.25) is 0 Å². The molecule has 2 aromatic rings. The summed E-state index contributed by atoms with van der Waals surface area (Å²) < 4.78 is 0. The average Bonchev–Trinajstić information content (AvgIpc) is 2.90. The molecule has 2 rings (SSSR count). The lowest BCUT2D eigenvalue weighted by Gasteiger charge is -2.09. The second kappa shape index (κ2) is 5.47. The number of carbonyl (C=O) groups is 1. The number of terminal acetylenes is 1. The Labute approximate surface area is 105 Å². The van der Waals surface area contributed by atoms with Crippen molar-refractivity contribution >= 4 is 17.1 Å². The minimum Gasteiger partial charge on any atom is -0.293 e. The quantitative estimate of drug-likeness (QED) is 0.587. The maximum atomic E-state index is 12.0. The van der Waals surface area contributed by atoms with Gasteiger partial charge in [-0.15, -0.1) is 17.8 Å². The minimum atomic E-state index is -0.134. The fourth-order valence-electron chi connectivity index (χ4n) is 1.68. The molecule has 1 heterocycles. The first-order valence-corrected chi connectivity index (χ1v) is 6.27. The average molecular weight is 240 g/mol. The van der Waals surface area contributed by atoms with Gasteiger partial charge in [-0.3, -0.25) is 4.79 Å². The normalized spacial score (nSPS) is 11.7. The van der Waals surface area contributed by atoms with Crippen LogP contribution in [0.5, 0.6) is 0 Å². The Balaban J connectivity index is 2.12. The lowest BCUT2D eigenvalue weighted by atomic mass is 9.94. The smallest absolute Gasteiger partial charge is 0.174 e. The van der Waals surface area contributed by atoms with Crippen molar-refractivity contribution in [2.75, 3.05) is 0 Å². The molecule has 0 bridgehead atoms. The van der Waals surface area contributed by atoms with Gasteiger partial charge >= 0.3 is 0 Å². The fraction of sp³-hybridized carbons (Fsp3) is 0.133. The van der Waals surface area contributed by atoms with Crippen LogP contribution in [0.25, 0.3) is 0 Å². The van der Waals surface area contributed by atoms with Crippen LogP contribution in [0.3, 0.4) is 0 Å². The molecule has 1 atom stereocenters. The zero-order valence-corrected chi connectivity index (χ0v) is 10.1. The van der Waals surface area contributed by atoms with Gasteiger partial charge in [-0.05, 0) is 17.0 Å². The van der Waals surface area contributed by atoms with Gasteiger partial charge in [-0.2, -0.15) is 0 Å². The topological polar surface area (TPSA) is 17.1 Å². The Hall–Kier alpha value is -1.85. The number of rotatable bonds is 4. The molecule has 0 aliphatic heterocycles. The van der Waals surface area contributed by atoms with Gasteiger partial charge in [-0.25, -0.2) is 0 Å². The highest BCUT2D eigenvalue weighted by Crippen LogP contribution is 2.22. The Morgan fingerprint density at radius 1 is 1.24 bits per heavy atom. The molecule has 2 heteroatoms. The molecule has 0 N–H and O–H groups in total. The van der Waals surface area contributed by atoms with Gasteiger partial charge in [-0.1, -0.05) is 42.3 Å². The molecular weight excluding hydrogens is 228 g/mol. The van der Waals surface area contributed by atoms with Gasteiger partial charge in [0, 0.05) is 6.42 Å². The van der Waals surface area contributed by atoms with Crippen LogP contribution in [-0.4, -0.2) is 5.78 Å². The van der Waals surface area contributed by atoms with E-state index in [4.69, 9.17) is 6.42 Å². The molecule has 0 aliphatic rings. The molecule has 1 aromatic heterocycles. The highest BCUT2D eigenvalue weighted by atomic mass is 32.1. The highest BCUT2D eigenvalue weighted by molar-refractivity contribution is 7.12. The van der Waals surface area contributed by atoms with E-state index in [-0.39, 0.29) is 11.7 Å². The molecule has 0 amide bonds. The molecule has 0 radical (unpaired) electrons. The van der Waals surface area contributed by atoms with Crippen LogP contribution < -0.4 is 0 Å². The molecule has 0 aliphatic carbocycles. The molecule has 0 saturated carbocycles. The van der Waals surface area contributed by atoms with E-state index in [1.54, 1.807) is 0 Å². The van der Waals surface area contributed by atoms with Crippen molar-refractivity contribution in [3.8, 4) is 12.3 Å². The summed E-state index contributed by atoms with van der Waals surface area (Å²) in [6, 6.07) is 13.5. The number of benzene rings is 1. The van der Waals surface area contributed by atoms with Gasteiger partial charge in [0.15, 0.2) is 5.78 Å². The van der Waals surface area contributed by atoms with Gasteiger partial charge in [0.1, 0.15) is 0 Å². The predicted molar refractivity (Wildman–Crippen MR) is 71.3 cm³/mol. The lowest BCUT2D eigenvalue weighted by Crippen LogP contribution is -2.04. The van der Waals surface area contributed by atoms with Crippen molar-refractivity contribution in [3.63, 3.8) is 0 Å². The molecule has 0 spiro atoms. The highest BCUT2D eigenvalue weighted by Gasteiger charge is 2.15. The second-order valence-corrected chi connectivity index (χ2v) is 4.68. The van der Waals surface area contributed by atoms with E-state index in [1.165, 1.54) is 11.3 Å². The molecular formula is C15H12OS. The monoisotopic (exact) mass is 240 g/mol. The molecule has 0 saturated heterocycles. The zero-order chi connectivity index (χ0) is 12.1. The van der Waals surface area contributed by atoms with E-state index < -0.39 is 0 Å². The summed E-state index contributed by atoms with van der Waals surface area (Å²) in [4.78, 5) is 12.7. The van der Waals surface area contributed by atoms with Crippen LogP contribution in [0.15, 0.2) is 47.8 Å². The van der Waals surface area contributed by atoms with Crippen molar-refractivity contribution < 1.29 is 4.79 Å². The first-order valence-electron chi connectivity index (χ1n) is 5.39. The van der Waals surface area contributed by atoms with Crippen molar-refractivity contribution in [2.45, 2.75) is 12.3 Å². The third-order valence-electron chi connectivity index (χ3n) is 2.59. The van der Waals surface area contributed by atoms with E-state index in [1.807, 2.05) is 47.8 Å². The summed E-state index contributed by atoms with van der Waals surface area (Å²) in [6.07, 6.45) is 5.88. The van der Waals surface area contributed by atoms with Crippen molar-refractivity contribution in [3.05, 3.63) is 58.3 Å². The number of ketones is 1. The summed E-state index contributed by atoms with van der Waals surface area (Å²) >= 11 is 1.46. The zero-order valence-electron chi connectivity index (χ0n) is 9.30. The van der Waals surface area contributed by atoms with Crippen molar-refractivity contribution in [2.24, 2.45) is 0 Å². The first-order chi connectivity index (χ1) is 8.31. The third kappa shape index (κ3) is 2.83. The van der Waals surface area contributed by atoms with E-state index in [9.17, 15) is 4.79 Å². The Kier molecular flexibility index (Phi) is 3.74. The lowest BCUT2D eigenvalue weighted by molar-refractivity contribution is 0.0983. The molecule has 0 fully saturated rings. The third-order valence-corrected chi connectivity index (χ3v) is 3.50. The summed E-state index contributed by atoms with van der Waals surface area (Å²) in [5.41, 5.74) is 1.03. The van der Waals surface area contributed by atoms with Crippen molar-refractivity contribution in [1.82, 2.24) is 0 Å². The maximum absolute atomic E-state index is 12.0.